The van der Waals surface area contributed by atoms with Crippen molar-refractivity contribution in [1.82, 2.24) is 15.1 Å². The van der Waals surface area contributed by atoms with E-state index in [1.165, 1.54) is 37.3 Å². The van der Waals surface area contributed by atoms with Gasteiger partial charge in [0.15, 0.2) is 11.5 Å². The predicted octanol–water partition coefficient (Wildman–Crippen LogP) is 6.21. The number of alkyl halides is 3. The zero-order valence-corrected chi connectivity index (χ0v) is 18.8. The molecule has 1 heterocycles. The van der Waals surface area contributed by atoms with Gasteiger partial charge in [-0.25, -0.2) is 9.07 Å². The van der Waals surface area contributed by atoms with E-state index in [0.29, 0.717) is 5.02 Å². The predicted molar refractivity (Wildman–Crippen MR) is 119 cm³/mol. The Morgan fingerprint density at radius 2 is 1.79 bits per heavy atom. The van der Waals surface area contributed by atoms with Crippen LogP contribution in [0.1, 0.15) is 28.5 Å². The summed E-state index contributed by atoms with van der Waals surface area (Å²) < 4.78 is 54.8. The van der Waals surface area contributed by atoms with E-state index < -0.39 is 23.6 Å². The number of nitrogens with one attached hydrogen (secondary N) is 2. The fourth-order valence-corrected chi connectivity index (χ4v) is 3.26. The molecule has 0 saturated heterocycles. The van der Waals surface area contributed by atoms with Crippen LogP contribution in [0.2, 0.25) is 10.0 Å². The Morgan fingerprint density at radius 1 is 1.12 bits per heavy atom. The first-order chi connectivity index (χ1) is 15.5. The zero-order chi connectivity index (χ0) is 24.3. The van der Waals surface area contributed by atoms with Gasteiger partial charge in [0, 0.05) is 33.4 Å². The maximum absolute atomic E-state index is 13.8. The molecule has 0 aliphatic heterocycles. The number of halogens is 6. The number of hydrogen-bond acceptors (Lipinski definition) is 3. The highest BCUT2D eigenvalue weighted by Gasteiger charge is 2.37. The molecule has 2 aromatic carbocycles. The van der Waals surface area contributed by atoms with Gasteiger partial charge >= 0.3 is 6.18 Å². The number of amides is 1. The van der Waals surface area contributed by atoms with E-state index >= 15 is 0 Å². The van der Waals surface area contributed by atoms with E-state index in [-0.39, 0.29) is 40.2 Å². The minimum Gasteiger partial charge on any atom is -0.325 e. The highest BCUT2D eigenvalue weighted by atomic mass is 35.5. The fraction of sp³-hybridized carbons (Fsp3) is 0.190. The minimum absolute atomic E-state index is 0.0648. The summed E-state index contributed by atoms with van der Waals surface area (Å²) in [7, 11) is 0. The van der Waals surface area contributed by atoms with E-state index in [2.05, 4.69) is 20.7 Å². The third kappa shape index (κ3) is 6.02. The zero-order valence-electron chi connectivity index (χ0n) is 17.3. The minimum atomic E-state index is -4.69. The molecule has 3 rings (SSSR count). The van der Waals surface area contributed by atoms with Crippen LogP contribution in [0.3, 0.4) is 0 Å². The lowest BCUT2D eigenvalue weighted by Crippen LogP contribution is -2.36. The van der Waals surface area contributed by atoms with E-state index in [1.807, 2.05) is 0 Å². The van der Waals surface area contributed by atoms with Gasteiger partial charge in [0.25, 0.3) is 5.91 Å². The van der Waals surface area contributed by atoms with Crippen LogP contribution >= 0.6 is 23.2 Å². The molecule has 0 spiro atoms. The normalized spacial score (nSPS) is 12.1. The molecule has 1 amide bonds. The monoisotopic (exact) mass is 501 g/mol. The van der Waals surface area contributed by atoms with Crippen molar-refractivity contribution in [3.05, 3.63) is 75.1 Å². The number of guanidine groups is 1. The summed E-state index contributed by atoms with van der Waals surface area (Å²) in [6.45, 7) is 2.90. The van der Waals surface area contributed by atoms with Crippen molar-refractivity contribution in [3.8, 4) is 0 Å². The fourth-order valence-electron chi connectivity index (χ4n) is 2.91. The van der Waals surface area contributed by atoms with Crippen molar-refractivity contribution in [3.63, 3.8) is 0 Å². The quantitative estimate of drug-likeness (QED) is 0.253. The van der Waals surface area contributed by atoms with Crippen LogP contribution in [0, 0.1) is 12.7 Å². The first kappa shape index (κ1) is 24.5. The molecule has 0 saturated carbocycles. The molecule has 174 valence electrons. The maximum atomic E-state index is 13.8. The standard InChI is InChI=1S/C21H17Cl2F4N5O/c1-3-32-18(11(2)17(31-32)21(25,26)27)29-20(28-16-9-14(23)8-15(24)10-16)30-19(33)12-4-6-13(22)7-5-12/h4-10H,3H2,1-2H3,(H2,28,29,30,33). The Bertz CT molecular complexity index is 1190. The smallest absolute Gasteiger partial charge is 0.325 e. The summed E-state index contributed by atoms with van der Waals surface area (Å²) in [5.74, 6) is -1.69. The molecular weight excluding hydrogens is 485 g/mol. The highest BCUT2D eigenvalue weighted by molar-refractivity contribution is 6.31. The molecule has 6 nitrogen and oxygen atoms in total. The number of benzene rings is 2. The van der Waals surface area contributed by atoms with Gasteiger partial charge in [0.1, 0.15) is 5.82 Å². The Balaban J connectivity index is 2.06. The number of carbonyl (C=O) groups excluding carboxylic acids is 1. The van der Waals surface area contributed by atoms with E-state index in [9.17, 15) is 22.4 Å². The molecule has 0 aliphatic rings. The van der Waals surface area contributed by atoms with Crippen molar-refractivity contribution in [2.24, 2.45) is 4.99 Å². The number of hydrogen-bond donors (Lipinski definition) is 2. The Kier molecular flexibility index (Phi) is 7.28. The molecule has 0 fully saturated rings. The molecule has 3 aromatic rings. The van der Waals surface area contributed by atoms with E-state index in [1.54, 1.807) is 6.92 Å². The van der Waals surface area contributed by atoms with E-state index in [4.69, 9.17) is 23.2 Å². The molecule has 33 heavy (non-hydrogen) atoms. The number of aryl methyl sites for hydroxylation is 1. The molecule has 0 atom stereocenters. The summed E-state index contributed by atoms with van der Waals surface area (Å²) >= 11 is 11.7. The van der Waals surface area contributed by atoms with Crippen molar-refractivity contribution < 1.29 is 22.4 Å². The SMILES string of the molecule is CCn1nc(C(F)(F)F)c(C)c1N=C(NC(=O)c1ccc(Cl)cc1)Nc1cc(F)cc(Cl)c1. The Hall–Kier alpha value is -3.11. The van der Waals surface area contributed by atoms with Crippen LogP contribution in [0.4, 0.5) is 29.1 Å². The van der Waals surface area contributed by atoms with Gasteiger partial charge in [0.05, 0.1) is 0 Å². The van der Waals surface area contributed by atoms with Gasteiger partial charge in [0.2, 0.25) is 5.96 Å². The topological polar surface area (TPSA) is 71.3 Å². The third-order valence-electron chi connectivity index (χ3n) is 4.41. The summed E-state index contributed by atoms with van der Waals surface area (Å²) in [5.41, 5.74) is -1.00. The lowest BCUT2D eigenvalue weighted by atomic mass is 10.2. The van der Waals surface area contributed by atoms with Gasteiger partial charge in [-0.15, -0.1) is 0 Å². The largest absolute Gasteiger partial charge is 0.435 e. The number of anilines is 1. The van der Waals surface area contributed by atoms with Gasteiger partial charge < -0.3 is 5.32 Å². The molecule has 0 unspecified atom stereocenters. The highest BCUT2D eigenvalue weighted by Crippen LogP contribution is 2.35. The first-order valence-corrected chi connectivity index (χ1v) is 10.3. The average molecular weight is 502 g/mol. The van der Waals surface area contributed by atoms with E-state index in [0.717, 1.165) is 16.8 Å². The summed E-state index contributed by atoms with van der Waals surface area (Å²) in [6, 6.07) is 9.43. The maximum Gasteiger partial charge on any atom is 0.435 e. The Labute approximate surface area is 196 Å². The van der Waals surface area contributed by atoms with Crippen molar-refractivity contribution in [2.45, 2.75) is 26.6 Å². The number of aromatic nitrogens is 2. The van der Waals surface area contributed by atoms with Crippen LogP contribution in [-0.2, 0) is 12.7 Å². The summed E-state index contributed by atoms with van der Waals surface area (Å²) in [4.78, 5) is 16.9. The number of carbonyl (C=O) groups is 1. The lowest BCUT2D eigenvalue weighted by molar-refractivity contribution is -0.141. The molecule has 0 bridgehead atoms. The van der Waals surface area contributed by atoms with Gasteiger partial charge in [-0.2, -0.15) is 23.3 Å². The summed E-state index contributed by atoms with van der Waals surface area (Å²) in [6.07, 6.45) is -4.69. The van der Waals surface area contributed by atoms with Crippen LogP contribution in [0.25, 0.3) is 0 Å². The average Bonchev–Trinajstić information content (AvgIpc) is 3.03. The number of aliphatic imine (C=N–C) groups is 1. The van der Waals surface area contributed by atoms with Gasteiger partial charge in [-0.1, -0.05) is 23.2 Å². The third-order valence-corrected chi connectivity index (χ3v) is 4.88. The van der Waals surface area contributed by atoms with Crippen LogP contribution < -0.4 is 10.6 Å². The second kappa shape index (κ2) is 9.80. The second-order valence-electron chi connectivity index (χ2n) is 6.82. The number of rotatable bonds is 4. The molecule has 2 N–H and O–H groups in total. The number of nitrogens with zero attached hydrogens (tertiary/aromatic N) is 3. The molecule has 0 radical (unpaired) electrons. The van der Waals surface area contributed by atoms with Crippen molar-refractivity contribution in [2.75, 3.05) is 5.32 Å². The van der Waals surface area contributed by atoms with Crippen molar-refractivity contribution in [1.29, 1.82) is 0 Å². The van der Waals surface area contributed by atoms with Gasteiger partial charge in [-0.05, 0) is 56.3 Å². The molecule has 0 aliphatic carbocycles. The van der Waals surface area contributed by atoms with Crippen LogP contribution in [0.15, 0.2) is 47.5 Å². The second-order valence-corrected chi connectivity index (χ2v) is 7.69. The van der Waals surface area contributed by atoms with Crippen molar-refractivity contribution >= 4 is 46.6 Å². The summed E-state index contributed by atoms with van der Waals surface area (Å²) in [5, 5.41) is 9.24. The van der Waals surface area contributed by atoms with Crippen LogP contribution in [0.5, 0.6) is 0 Å². The lowest BCUT2D eigenvalue weighted by Gasteiger charge is -2.13. The Morgan fingerprint density at radius 3 is 2.36 bits per heavy atom. The molecular formula is C21H17Cl2F4N5O. The molecule has 1 aromatic heterocycles. The van der Waals surface area contributed by atoms with Crippen LogP contribution in [-0.4, -0.2) is 21.6 Å². The first-order valence-electron chi connectivity index (χ1n) is 9.51. The van der Waals surface area contributed by atoms with Gasteiger partial charge in [-0.3, -0.25) is 10.1 Å². The molecule has 12 heteroatoms.